The van der Waals surface area contributed by atoms with Gasteiger partial charge in [-0.05, 0) is 85.7 Å². The van der Waals surface area contributed by atoms with Gasteiger partial charge in [-0.3, -0.25) is 0 Å². The minimum atomic E-state index is -1.28. The van der Waals surface area contributed by atoms with Crippen molar-refractivity contribution in [2.45, 2.75) is 32.6 Å². The fourth-order valence-electron chi connectivity index (χ4n) is 2.88. The van der Waals surface area contributed by atoms with Crippen molar-refractivity contribution < 1.29 is 30.0 Å². The molecule has 0 unspecified atom stereocenters. The number of phenols is 2. The molecule has 7 nitrogen and oxygen atoms in total. The maximum atomic E-state index is 11.5. The minimum absolute atomic E-state index is 0. The van der Waals surface area contributed by atoms with Gasteiger partial charge in [0.15, 0.2) is 0 Å². The van der Waals surface area contributed by atoms with Gasteiger partial charge in [-0.2, -0.15) is 0 Å². The first kappa shape index (κ1) is 25.7. The van der Waals surface area contributed by atoms with Gasteiger partial charge >= 0.3 is 11.9 Å². The number of hydrogen-bond donors (Lipinski definition) is 5. The van der Waals surface area contributed by atoms with E-state index in [1.54, 1.807) is 12.1 Å². The van der Waals surface area contributed by atoms with Crippen LogP contribution in [0.15, 0.2) is 39.3 Å². The summed E-state index contributed by atoms with van der Waals surface area (Å²) in [5.41, 5.74) is 1.05. The van der Waals surface area contributed by atoms with Crippen LogP contribution in [0.25, 0.3) is 5.57 Å². The molecule has 30 heavy (non-hydrogen) atoms. The van der Waals surface area contributed by atoms with Crippen molar-refractivity contribution in [2.24, 2.45) is 0 Å². The summed E-state index contributed by atoms with van der Waals surface area (Å²) < 4.78 is 0.423. The zero-order valence-corrected chi connectivity index (χ0v) is 19.5. The number of unbranched alkanes of at least 4 members (excludes halogenated alkanes) is 3. The monoisotopic (exact) mass is 543 g/mol. The highest BCUT2D eigenvalue weighted by molar-refractivity contribution is 9.10. The number of allylic oxidation sites excluding steroid dienone is 1. The van der Waals surface area contributed by atoms with Crippen molar-refractivity contribution in [1.29, 1.82) is 0 Å². The number of carbonyl (C=O) groups is 2. The summed E-state index contributed by atoms with van der Waals surface area (Å²) in [7, 11) is 0. The number of carboxylic acid groups (broad SMARTS) is 2. The van der Waals surface area contributed by atoms with Gasteiger partial charge in [0.2, 0.25) is 0 Å². The molecule has 0 amide bonds. The van der Waals surface area contributed by atoms with Crippen LogP contribution >= 0.6 is 31.9 Å². The molecule has 0 heterocycles. The van der Waals surface area contributed by atoms with Crippen molar-refractivity contribution in [2.75, 3.05) is 0 Å². The van der Waals surface area contributed by atoms with Crippen molar-refractivity contribution in [1.82, 2.24) is 6.15 Å². The van der Waals surface area contributed by atoms with E-state index in [1.807, 2.05) is 6.08 Å². The van der Waals surface area contributed by atoms with Crippen molar-refractivity contribution in [3.63, 3.8) is 0 Å². The predicted molar refractivity (Wildman–Crippen MR) is 122 cm³/mol. The summed E-state index contributed by atoms with van der Waals surface area (Å²) >= 11 is 6.36. The van der Waals surface area contributed by atoms with Crippen LogP contribution in [0.4, 0.5) is 0 Å². The molecule has 2 aromatic rings. The Bertz CT molecular complexity index is 916. The van der Waals surface area contributed by atoms with E-state index in [2.05, 4.69) is 38.8 Å². The Morgan fingerprint density at radius 3 is 1.67 bits per heavy atom. The van der Waals surface area contributed by atoms with E-state index in [9.17, 15) is 30.0 Å². The molecule has 0 bridgehead atoms. The molecule has 0 fully saturated rings. The Balaban J connectivity index is 0.00000450. The molecule has 0 atom stereocenters. The molecule has 0 radical (unpaired) electrons. The van der Waals surface area contributed by atoms with E-state index < -0.39 is 11.9 Å². The first-order valence-corrected chi connectivity index (χ1v) is 10.5. The quantitative estimate of drug-likeness (QED) is 0.248. The Labute approximate surface area is 190 Å². The van der Waals surface area contributed by atoms with Crippen LogP contribution in [0, 0.1) is 0 Å². The molecule has 162 valence electrons. The van der Waals surface area contributed by atoms with Gasteiger partial charge in [0.25, 0.3) is 0 Å². The Hall–Kier alpha value is -2.36. The molecule has 0 spiro atoms. The summed E-state index contributed by atoms with van der Waals surface area (Å²) in [4.78, 5) is 23.0. The molecular formula is C21H23Br2NO6. The van der Waals surface area contributed by atoms with E-state index in [-0.39, 0.29) is 37.7 Å². The smallest absolute Gasteiger partial charge is 0.339 e. The Kier molecular flexibility index (Phi) is 9.54. The fraction of sp³-hybridized carbons (Fsp3) is 0.238. The second-order valence-electron chi connectivity index (χ2n) is 6.43. The highest BCUT2D eigenvalue weighted by Gasteiger charge is 2.20. The molecule has 0 aliphatic rings. The average Bonchev–Trinajstić information content (AvgIpc) is 2.65. The first-order chi connectivity index (χ1) is 13.7. The summed E-state index contributed by atoms with van der Waals surface area (Å²) in [5, 5.41) is 38.8. The first-order valence-electron chi connectivity index (χ1n) is 8.89. The average molecular weight is 545 g/mol. The molecule has 0 saturated heterocycles. The highest BCUT2D eigenvalue weighted by Crippen LogP contribution is 2.38. The number of benzene rings is 2. The molecular weight excluding hydrogens is 522 g/mol. The molecule has 7 N–H and O–H groups in total. The second-order valence-corrected chi connectivity index (χ2v) is 8.14. The van der Waals surface area contributed by atoms with Crippen molar-refractivity contribution in [3.05, 3.63) is 61.5 Å². The maximum absolute atomic E-state index is 11.5. The zero-order valence-electron chi connectivity index (χ0n) is 16.3. The summed E-state index contributed by atoms with van der Waals surface area (Å²) in [5.74, 6) is -3.34. The number of carboxylic acids is 2. The molecule has 2 aromatic carbocycles. The van der Waals surface area contributed by atoms with E-state index in [4.69, 9.17) is 0 Å². The van der Waals surface area contributed by atoms with Gasteiger partial charge < -0.3 is 26.6 Å². The van der Waals surface area contributed by atoms with Gasteiger partial charge in [-0.25, -0.2) is 9.59 Å². The van der Waals surface area contributed by atoms with E-state index >= 15 is 0 Å². The number of aromatic carboxylic acids is 2. The second kappa shape index (κ2) is 11.1. The van der Waals surface area contributed by atoms with Crippen molar-refractivity contribution in [3.8, 4) is 11.5 Å². The minimum Gasteiger partial charge on any atom is -0.506 e. The molecule has 0 saturated carbocycles. The summed E-state index contributed by atoms with van der Waals surface area (Å²) in [6, 6.07) is 5.84. The van der Waals surface area contributed by atoms with E-state index in [0.29, 0.717) is 23.1 Å². The zero-order chi connectivity index (χ0) is 21.7. The topological polar surface area (TPSA) is 150 Å². The number of aromatic hydroxyl groups is 2. The van der Waals surface area contributed by atoms with Gasteiger partial charge in [0.1, 0.15) is 22.6 Å². The lowest BCUT2D eigenvalue weighted by Gasteiger charge is -2.14. The fourth-order valence-corrected chi connectivity index (χ4v) is 3.80. The van der Waals surface area contributed by atoms with Crippen LogP contribution in [0.5, 0.6) is 11.5 Å². The van der Waals surface area contributed by atoms with E-state index in [0.717, 1.165) is 19.3 Å². The predicted octanol–water partition coefficient (Wildman–Crippen LogP) is 6.19. The Morgan fingerprint density at radius 2 is 1.30 bits per heavy atom. The lowest BCUT2D eigenvalue weighted by Crippen LogP contribution is -2.02. The van der Waals surface area contributed by atoms with Crippen LogP contribution in [0.1, 0.15) is 64.4 Å². The number of rotatable bonds is 8. The van der Waals surface area contributed by atoms with Gasteiger partial charge in [-0.1, -0.05) is 25.8 Å². The number of hydrogen-bond acceptors (Lipinski definition) is 5. The molecule has 9 heteroatoms. The SMILES string of the molecule is CCCCCC=C(c1cc(Br)c(O)c(C(=O)O)c1)c1cc(Br)c(O)c(C(=O)O)c1.N. The van der Waals surface area contributed by atoms with Crippen LogP contribution < -0.4 is 6.15 Å². The Morgan fingerprint density at radius 1 is 0.867 bits per heavy atom. The third-order valence-electron chi connectivity index (χ3n) is 4.37. The maximum Gasteiger partial charge on any atom is 0.339 e. The third kappa shape index (κ3) is 5.84. The normalized spacial score (nSPS) is 10.2. The summed E-state index contributed by atoms with van der Waals surface area (Å²) in [6.45, 7) is 2.08. The molecule has 0 aliphatic carbocycles. The van der Waals surface area contributed by atoms with Gasteiger partial charge in [-0.15, -0.1) is 0 Å². The van der Waals surface area contributed by atoms with E-state index in [1.165, 1.54) is 12.1 Å². The lowest BCUT2D eigenvalue weighted by atomic mass is 9.93. The van der Waals surface area contributed by atoms with Gasteiger partial charge in [0.05, 0.1) is 8.95 Å². The van der Waals surface area contributed by atoms with Crippen LogP contribution in [0.3, 0.4) is 0 Å². The van der Waals surface area contributed by atoms with Crippen LogP contribution in [0.2, 0.25) is 0 Å². The summed E-state index contributed by atoms with van der Waals surface area (Å²) in [6.07, 6.45) is 5.57. The van der Waals surface area contributed by atoms with Crippen LogP contribution in [-0.4, -0.2) is 32.4 Å². The van der Waals surface area contributed by atoms with Crippen molar-refractivity contribution >= 4 is 49.4 Å². The lowest BCUT2D eigenvalue weighted by molar-refractivity contribution is 0.0682. The molecule has 0 aromatic heterocycles. The van der Waals surface area contributed by atoms with Gasteiger partial charge in [0, 0.05) is 0 Å². The molecule has 2 rings (SSSR count). The highest BCUT2D eigenvalue weighted by atomic mass is 79.9. The standard InChI is InChI=1S/C21H20Br2O6.H3N/c1-2-3-4-5-6-13(11-7-14(20(26)27)18(24)16(22)9-11)12-8-15(21(28)29)19(25)17(23)10-12;/h6-10,24-25H,2-5H2,1H3,(H,26,27)(H,28,29);1H3. The largest absolute Gasteiger partial charge is 0.506 e. The third-order valence-corrected chi connectivity index (χ3v) is 5.57. The number of halogens is 2. The molecule has 0 aliphatic heterocycles. The van der Waals surface area contributed by atoms with Crippen LogP contribution in [-0.2, 0) is 0 Å².